The first-order valence-corrected chi connectivity index (χ1v) is 11.5. The van der Waals surface area contributed by atoms with Crippen LogP contribution < -0.4 is 9.47 Å². The standard InChI is InChI=1S/C27H26N2O5.CH4O/c1-19(17-32-15-7-6-14-30)33-26-24-23(16-20-10-12-22(31-2)13-11-20)25(21-8-4-3-5-9-21)34-27(24)29-18-28-26;1-2/h3-5,8-13,18-19,30H,7,15-17H2,1-2H3;2H,1H3. The van der Waals surface area contributed by atoms with E-state index in [1.54, 1.807) is 7.11 Å². The molecule has 0 saturated heterocycles. The van der Waals surface area contributed by atoms with Crippen LogP contribution in [0.15, 0.2) is 65.3 Å². The summed E-state index contributed by atoms with van der Waals surface area (Å²) in [6.45, 7) is 2.68. The number of hydrogen-bond acceptors (Lipinski definition) is 8. The number of methoxy groups -OCH3 is 1. The van der Waals surface area contributed by atoms with Gasteiger partial charge in [0.1, 0.15) is 35.4 Å². The first kappa shape index (κ1) is 26.5. The van der Waals surface area contributed by atoms with Crippen LogP contribution in [0.5, 0.6) is 11.6 Å². The van der Waals surface area contributed by atoms with E-state index in [0.29, 0.717) is 37.6 Å². The maximum atomic E-state index is 8.54. The van der Waals surface area contributed by atoms with Crippen molar-refractivity contribution in [3.05, 3.63) is 72.1 Å². The fourth-order valence-corrected chi connectivity index (χ4v) is 3.64. The lowest BCUT2D eigenvalue weighted by atomic mass is 9.99. The molecule has 0 bridgehead atoms. The molecule has 2 heterocycles. The highest BCUT2D eigenvalue weighted by Gasteiger charge is 2.22. The number of aliphatic hydroxyl groups is 2. The number of ether oxygens (including phenoxy) is 3. The molecule has 0 aliphatic rings. The van der Waals surface area contributed by atoms with E-state index in [0.717, 1.165) is 40.7 Å². The molecule has 4 aromatic rings. The second-order valence-corrected chi connectivity index (χ2v) is 7.70. The largest absolute Gasteiger partial charge is 0.497 e. The number of aromatic nitrogens is 2. The van der Waals surface area contributed by atoms with Gasteiger partial charge in [-0.15, -0.1) is 0 Å². The number of hydrogen-bond donors (Lipinski definition) is 2. The maximum absolute atomic E-state index is 8.54. The van der Waals surface area contributed by atoms with Gasteiger partial charge in [-0.25, -0.2) is 9.97 Å². The Balaban J connectivity index is 0.00000176. The summed E-state index contributed by atoms with van der Waals surface area (Å²) >= 11 is 0. The highest BCUT2D eigenvalue weighted by molar-refractivity contribution is 5.89. The van der Waals surface area contributed by atoms with Gasteiger partial charge < -0.3 is 28.8 Å². The quantitative estimate of drug-likeness (QED) is 0.245. The minimum Gasteiger partial charge on any atom is -0.497 e. The first-order valence-electron chi connectivity index (χ1n) is 11.5. The SMILES string of the molecule is CO.COc1ccc(Cc2c(-c3ccccc3)oc3ncnc(OC(C)COCCC#CO)c23)cc1. The van der Waals surface area contributed by atoms with Gasteiger partial charge >= 0.3 is 0 Å². The molecule has 1 atom stereocenters. The highest BCUT2D eigenvalue weighted by atomic mass is 16.5. The molecule has 2 N–H and O–H groups in total. The molecule has 188 valence electrons. The molecule has 0 amide bonds. The third-order valence-corrected chi connectivity index (χ3v) is 5.24. The Morgan fingerprint density at radius 2 is 1.78 bits per heavy atom. The molecule has 4 rings (SSSR count). The predicted molar refractivity (Wildman–Crippen MR) is 136 cm³/mol. The first-order chi connectivity index (χ1) is 17.7. The minimum atomic E-state index is -0.260. The van der Waals surface area contributed by atoms with Gasteiger partial charge in [0, 0.05) is 31.1 Å². The van der Waals surface area contributed by atoms with Gasteiger partial charge in [-0.1, -0.05) is 48.4 Å². The Morgan fingerprint density at radius 1 is 1.03 bits per heavy atom. The molecule has 0 aliphatic heterocycles. The topological polar surface area (TPSA) is 107 Å². The third kappa shape index (κ3) is 6.75. The molecular weight excluding hydrogens is 460 g/mol. The second-order valence-electron chi connectivity index (χ2n) is 7.70. The minimum absolute atomic E-state index is 0.260. The summed E-state index contributed by atoms with van der Waals surface area (Å²) in [6, 6.07) is 17.9. The number of aliphatic hydroxyl groups excluding tert-OH is 2. The summed E-state index contributed by atoms with van der Waals surface area (Å²) in [5.74, 6) is 4.54. The normalized spacial score (nSPS) is 11.1. The lowest BCUT2D eigenvalue weighted by Crippen LogP contribution is -2.20. The lowest BCUT2D eigenvalue weighted by Gasteiger charge is -2.14. The van der Waals surface area contributed by atoms with Gasteiger partial charge in [0.05, 0.1) is 20.3 Å². The van der Waals surface area contributed by atoms with Gasteiger partial charge in [0.15, 0.2) is 0 Å². The Morgan fingerprint density at radius 3 is 2.47 bits per heavy atom. The number of rotatable bonds is 10. The molecule has 8 nitrogen and oxygen atoms in total. The van der Waals surface area contributed by atoms with Crippen LogP contribution in [0.25, 0.3) is 22.4 Å². The Hall–Kier alpha value is -4.06. The van der Waals surface area contributed by atoms with E-state index in [2.05, 4.69) is 15.9 Å². The van der Waals surface area contributed by atoms with E-state index >= 15 is 0 Å². The Bertz CT molecular complexity index is 1280. The van der Waals surface area contributed by atoms with E-state index in [4.69, 9.17) is 28.8 Å². The molecule has 0 spiro atoms. The van der Waals surface area contributed by atoms with Gasteiger partial charge in [0.2, 0.25) is 11.6 Å². The Labute approximate surface area is 210 Å². The van der Waals surface area contributed by atoms with E-state index in [-0.39, 0.29) is 6.10 Å². The fourth-order valence-electron chi connectivity index (χ4n) is 3.64. The molecular formula is C28H30N2O6. The second kappa shape index (κ2) is 13.7. The molecule has 0 radical (unpaired) electrons. The third-order valence-electron chi connectivity index (χ3n) is 5.24. The van der Waals surface area contributed by atoms with Crippen molar-refractivity contribution in [3.63, 3.8) is 0 Å². The van der Waals surface area contributed by atoms with Crippen molar-refractivity contribution in [2.24, 2.45) is 0 Å². The molecule has 36 heavy (non-hydrogen) atoms. The van der Waals surface area contributed by atoms with E-state index in [9.17, 15) is 0 Å². The van der Waals surface area contributed by atoms with E-state index in [1.165, 1.54) is 6.33 Å². The van der Waals surface area contributed by atoms with Crippen LogP contribution in [0.1, 0.15) is 24.5 Å². The molecule has 0 aliphatic carbocycles. The molecule has 2 aromatic heterocycles. The summed E-state index contributed by atoms with van der Waals surface area (Å²) < 4.78 is 23.3. The summed E-state index contributed by atoms with van der Waals surface area (Å²) in [5, 5.41) is 16.3. The van der Waals surface area contributed by atoms with Crippen LogP contribution in [0.4, 0.5) is 0 Å². The average molecular weight is 491 g/mol. The summed E-state index contributed by atoms with van der Waals surface area (Å²) in [6.07, 6.45) is 4.11. The van der Waals surface area contributed by atoms with Crippen LogP contribution in [-0.4, -0.2) is 53.7 Å². The van der Waals surface area contributed by atoms with Crippen molar-refractivity contribution < 1.29 is 28.8 Å². The smallest absolute Gasteiger partial charge is 0.233 e. The molecule has 8 heteroatoms. The fraction of sp³-hybridized carbons (Fsp3) is 0.286. The van der Waals surface area contributed by atoms with Crippen LogP contribution in [-0.2, 0) is 11.2 Å². The molecule has 1 unspecified atom stereocenters. The Kier molecular flexibility index (Phi) is 10.1. The van der Waals surface area contributed by atoms with Crippen molar-refractivity contribution in [1.82, 2.24) is 9.97 Å². The highest BCUT2D eigenvalue weighted by Crippen LogP contribution is 2.38. The van der Waals surface area contributed by atoms with Gasteiger partial charge in [-0.3, -0.25) is 0 Å². The van der Waals surface area contributed by atoms with E-state index < -0.39 is 0 Å². The van der Waals surface area contributed by atoms with Crippen LogP contribution in [0.2, 0.25) is 0 Å². The summed E-state index contributed by atoms with van der Waals surface area (Å²) in [4.78, 5) is 8.79. The average Bonchev–Trinajstić information content (AvgIpc) is 3.30. The number of fused-ring (bicyclic) bond motifs is 1. The summed E-state index contributed by atoms with van der Waals surface area (Å²) in [7, 11) is 2.65. The van der Waals surface area contributed by atoms with Crippen molar-refractivity contribution in [2.45, 2.75) is 25.9 Å². The number of furan rings is 1. The predicted octanol–water partition coefficient (Wildman–Crippen LogP) is 4.61. The van der Waals surface area contributed by atoms with Crippen molar-refractivity contribution in [1.29, 1.82) is 0 Å². The van der Waals surface area contributed by atoms with Gasteiger partial charge in [-0.2, -0.15) is 0 Å². The van der Waals surface area contributed by atoms with E-state index in [1.807, 2.05) is 67.6 Å². The lowest BCUT2D eigenvalue weighted by molar-refractivity contribution is 0.0601. The van der Waals surface area contributed by atoms with Crippen LogP contribution in [0, 0.1) is 12.0 Å². The van der Waals surface area contributed by atoms with Crippen molar-refractivity contribution in [2.75, 3.05) is 27.4 Å². The monoisotopic (exact) mass is 490 g/mol. The number of benzene rings is 2. The van der Waals surface area contributed by atoms with Crippen LogP contribution >= 0.6 is 0 Å². The molecule has 0 saturated carbocycles. The molecule has 2 aromatic carbocycles. The van der Waals surface area contributed by atoms with Crippen LogP contribution in [0.3, 0.4) is 0 Å². The zero-order valence-electron chi connectivity index (χ0n) is 20.6. The number of nitrogens with zero attached hydrogens (tertiary/aromatic N) is 2. The van der Waals surface area contributed by atoms with Gasteiger partial charge in [0.25, 0.3) is 0 Å². The van der Waals surface area contributed by atoms with Crippen molar-refractivity contribution in [3.8, 4) is 35.0 Å². The zero-order chi connectivity index (χ0) is 25.8. The maximum Gasteiger partial charge on any atom is 0.233 e. The zero-order valence-corrected chi connectivity index (χ0v) is 20.6. The summed E-state index contributed by atoms with van der Waals surface area (Å²) in [5.41, 5.74) is 3.47. The van der Waals surface area contributed by atoms with Gasteiger partial charge in [-0.05, 0) is 24.6 Å². The molecule has 0 fully saturated rings. The van der Waals surface area contributed by atoms with Crippen molar-refractivity contribution >= 4 is 11.1 Å².